The van der Waals surface area contributed by atoms with Crippen molar-refractivity contribution < 1.29 is 4.42 Å². The first-order valence-corrected chi connectivity index (χ1v) is 36.5. The summed E-state index contributed by atoms with van der Waals surface area (Å²) in [6, 6.07) is 111. The average Bonchev–Trinajstić information content (AvgIpc) is 1.56. The second-order valence-electron chi connectivity index (χ2n) is 24.8. The third kappa shape index (κ3) is 7.96. The van der Waals surface area contributed by atoms with E-state index in [4.69, 9.17) is 4.42 Å². The number of para-hydroxylation sites is 6. The van der Waals surface area contributed by atoms with Crippen LogP contribution >= 0.6 is 56.7 Å². The van der Waals surface area contributed by atoms with Gasteiger partial charge in [0.15, 0.2) is 0 Å². The van der Waals surface area contributed by atoms with E-state index < -0.39 is 0 Å². The van der Waals surface area contributed by atoms with Crippen LogP contribution in [0.2, 0.25) is 0 Å². The SMILES string of the molecule is c1ccc(-n2c3ccccc3c3sc4c(-c5cccc6c5oc5c(-c7cccc8c7sc7ccccc78)cccc56)cccc4c32)cc1.c1ccc(-n2c3ccccc3c3sc4c(-c5cccc6c5sc5c(-c7cccc8c7sc7ccccc78)cccc56)cccc4c32)cc1. The summed E-state index contributed by atoms with van der Waals surface area (Å²) < 4.78 is 25.2. The van der Waals surface area contributed by atoms with E-state index in [1.807, 2.05) is 56.7 Å². The van der Waals surface area contributed by atoms with Crippen molar-refractivity contribution in [3.8, 4) is 55.9 Å². The molecule has 0 amide bonds. The molecular weight excluding hydrogens is 1260 g/mol. The Morgan fingerprint density at radius 3 is 0.865 bits per heavy atom. The number of nitrogens with zero attached hydrogens (tertiary/aromatic N) is 2. The van der Waals surface area contributed by atoms with E-state index >= 15 is 0 Å². The van der Waals surface area contributed by atoms with Gasteiger partial charge in [-0.25, -0.2) is 0 Å². The van der Waals surface area contributed by atoms with Gasteiger partial charge in [-0.2, -0.15) is 0 Å². The zero-order chi connectivity index (χ0) is 62.7. The van der Waals surface area contributed by atoms with Gasteiger partial charge in [-0.1, -0.05) is 255 Å². The molecule has 0 bridgehead atoms. The molecule has 0 atom stereocenters. The van der Waals surface area contributed by atoms with Crippen LogP contribution in [0.3, 0.4) is 0 Å². The number of fused-ring (bicyclic) bond motifs is 22. The largest absolute Gasteiger partial charge is 0.455 e. The summed E-state index contributed by atoms with van der Waals surface area (Å²) in [6.07, 6.45) is 0. The third-order valence-electron chi connectivity index (χ3n) is 19.7. The summed E-state index contributed by atoms with van der Waals surface area (Å²) in [5, 5.41) is 15.4. The van der Waals surface area contributed by atoms with Gasteiger partial charge in [0.25, 0.3) is 0 Å². The molecule has 22 aromatic rings. The van der Waals surface area contributed by atoms with Crippen LogP contribution in [0.15, 0.2) is 308 Å². The van der Waals surface area contributed by atoms with Crippen molar-refractivity contribution in [2.24, 2.45) is 0 Å². The summed E-state index contributed by atoms with van der Waals surface area (Å²) >= 11 is 9.53. The number of benzene rings is 14. The molecule has 22 rings (SSSR count). The zero-order valence-corrected chi connectivity index (χ0v) is 55.3. The van der Waals surface area contributed by atoms with Crippen LogP contribution in [-0.4, -0.2) is 9.13 Å². The summed E-state index contributed by atoms with van der Waals surface area (Å²) in [4.78, 5) is 0. The molecular formula is C88H50N2OS5. The first-order valence-electron chi connectivity index (χ1n) is 32.4. The molecule has 8 aromatic heterocycles. The minimum Gasteiger partial charge on any atom is -0.455 e. The van der Waals surface area contributed by atoms with Crippen molar-refractivity contribution >= 4 is 202 Å². The first-order chi connectivity index (χ1) is 47.7. The van der Waals surface area contributed by atoms with Crippen LogP contribution in [0.4, 0.5) is 0 Å². The predicted octanol–water partition coefficient (Wildman–Crippen LogP) is 27.7. The molecule has 0 saturated heterocycles. The Balaban J connectivity index is 0.000000127. The molecule has 0 saturated carbocycles. The van der Waals surface area contributed by atoms with Gasteiger partial charge >= 0.3 is 0 Å². The van der Waals surface area contributed by atoms with Crippen molar-refractivity contribution in [1.82, 2.24) is 9.13 Å². The van der Waals surface area contributed by atoms with E-state index in [0.717, 1.165) is 33.1 Å². The molecule has 0 aliphatic rings. The summed E-state index contributed by atoms with van der Waals surface area (Å²) in [5.41, 5.74) is 19.2. The van der Waals surface area contributed by atoms with E-state index in [1.165, 1.54) is 168 Å². The second-order valence-corrected chi connectivity index (χ2v) is 30.0. The lowest BCUT2D eigenvalue weighted by Gasteiger charge is -2.09. The van der Waals surface area contributed by atoms with E-state index in [1.54, 1.807) is 0 Å². The second kappa shape index (κ2) is 21.3. The molecule has 0 spiro atoms. The first kappa shape index (κ1) is 54.5. The van der Waals surface area contributed by atoms with Crippen molar-refractivity contribution in [2.45, 2.75) is 0 Å². The van der Waals surface area contributed by atoms with Gasteiger partial charge in [0.05, 0.1) is 31.5 Å². The normalized spacial score (nSPS) is 12.2. The van der Waals surface area contributed by atoms with Crippen LogP contribution in [0.25, 0.3) is 201 Å². The molecule has 8 heterocycles. The van der Waals surface area contributed by atoms with E-state index in [2.05, 4.69) is 312 Å². The maximum atomic E-state index is 7.02. The fraction of sp³-hybridized carbons (Fsp3) is 0. The van der Waals surface area contributed by atoms with E-state index in [9.17, 15) is 0 Å². The Labute approximate surface area is 569 Å². The highest BCUT2D eigenvalue weighted by atomic mass is 32.1. The van der Waals surface area contributed by atoms with Crippen molar-refractivity contribution in [3.05, 3.63) is 303 Å². The topological polar surface area (TPSA) is 23.0 Å². The zero-order valence-electron chi connectivity index (χ0n) is 51.2. The monoisotopic (exact) mass is 1310 g/mol. The van der Waals surface area contributed by atoms with Crippen LogP contribution in [0, 0.1) is 0 Å². The number of aromatic nitrogens is 2. The molecule has 0 radical (unpaired) electrons. The van der Waals surface area contributed by atoms with Crippen LogP contribution in [0.5, 0.6) is 0 Å². The van der Waals surface area contributed by atoms with E-state index in [-0.39, 0.29) is 0 Å². The Hall–Kier alpha value is -10.9. The van der Waals surface area contributed by atoms with Gasteiger partial charge in [-0.15, -0.1) is 56.7 Å². The van der Waals surface area contributed by atoms with Crippen LogP contribution in [0.1, 0.15) is 0 Å². The summed E-state index contributed by atoms with van der Waals surface area (Å²) in [5.74, 6) is 0. The van der Waals surface area contributed by atoms with Gasteiger partial charge in [0.2, 0.25) is 0 Å². The standard InChI is InChI=1S/C44H25NOS2.C44H25NS3/c1-2-12-26(13-3-1)45-37-24-6-4-15-35(37)44-39(45)36-23-11-22-34(43(36)48-44)31-19-9-17-29-28-16-8-18-30(40(28)46-41(29)31)33-21-10-20-32-27-14-5-7-25-38(27)47-42(32)33;1-2-12-26(13-3-1)45-37-24-6-4-15-35(37)44-39(45)36-23-11-22-34(43(36)48-44)33-21-10-20-32-31-19-9-18-30(41(31)47-42(32)33)29-17-8-16-28-27-14-5-7-25-38(27)46-40(28)29/h2*1-25H. The fourth-order valence-corrected chi connectivity index (χ4v) is 22.0. The van der Waals surface area contributed by atoms with Crippen molar-refractivity contribution in [1.29, 1.82) is 0 Å². The highest BCUT2D eigenvalue weighted by Crippen LogP contribution is 2.53. The molecule has 0 aliphatic carbocycles. The maximum Gasteiger partial charge on any atom is 0.143 e. The van der Waals surface area contributed by atoms with E-state index in [0.29, 0.717) is 0 Å². The minimum absolute atomic E-state index is 0.935. The molecule has 3 nitrogen and oxygen atoms in total. The fourth-order valence-electron chi connectivity index (χ4n) is 15.5. The number of furan rings is 1. The molecule has 448 valence electrons. The van der Waals surface area contributed by atoms with Crippen LogP contribution < -0.4 is 0 Å². The Bertz CT molecular complexity index is 6540. The molecule has 8 heteroatoms. The van der Waals surface area contributed by atoms with Gasteiger partial charge in [-0.05, 0) is 48.5 Å². The number of hydrogen-bond donors (Lipinski definition) is 0. The third-order valence-corrected chi connectivity index (χ3v) is 25.9. The highest BCUT2D eigenvalue weighted by molar-refractivity contribution is 7.29. The molecule has 0 aliphatic heterocycles. The Morgan fingerprint density at radius 1 is 0.188 bits per heavy atom. The summed E-state index contributed by atoms with van der Waals surface area (Å²) in [7, 11) is 0. The predicted molar refractivity (Wildman–Crippen MR) is 420 cm³/mol. The number of thiophene rings is 5. The molecule has 96 heavy (non-hydrogen) atoms. The maximum absolute atomic E-state index is 7.02. The summed E-state index contributed by atoms with van der Waals surface area (Å²) in [6.45, 7) is 0. The van der Waals surface area contributed by atoms with Crippen LogP contribution in [-0.2, 0) is 0 Å². The minimum atomic E-state index is 0.935. The van der Waals surface area contributed by atoms with Gasteiger partial charge < -0.3 is 13.6 Å². The number of rotatable bonds is 6. The molecule has 0 N–H and O–H groups in total. The Kier molecular flexibility index (Phi) is 12.1. The smallest absolute Gasteiger partial charge is 0.143 e. The Morgan fingerprint density at radius 2 is 0.458 bits per heavy atom. The average molecular weight is 1310 g/mol. The molecule has 0 fully saturated rings. The quantitative estimate of drug-likeness (QED) is 0.163. The lowest BCUT2D eigenvalue weighted by atomic mass is 9.99. The van der Waals surface area contributed by atoms with Gasteiger partial charge in [-0.3, -0.25) is 0 Å². The highest BCUT2D eigenvalue weighted by Gasteiger charge is 2.25. The van der Waals surface area contributed by atoms with Crippen molar-refractivity contribution in [2.75, 3.05) is 0 Å². The lowest BCUT2D eigenvalue weighted by Crippen LogP contribution is -1.92. The lowest BCUT2D eigenvalue weighted by molar-refractivity contribution is 0.671. The van der Waals surface area contributed by atoms with Crippen molar-refractivity contribution in [3.63, 3.8) is 0 Å². The number of hydrogen-bond acceptors (Lipinski definition) is 6. The molecule has 14 aromatic carbocycles. The molecule has 0 unspecified atom stereocenters. The van der Waals surface area contributed by atoms with Gasteiger partial charge in [0, 0.05) is 158 Å². The van der Waals surface area contributed by atoms with Gasteiger partial charge in [0.1, 0.15) is 11.2 Å².